The van der Waals surface area contributed by atoms with Crippen LogP contribution in [0.2, 0.25) is 0 Å². The maximum absolute atomic E-state index is 12.1. The molecule has 17 heavy (non-hydrogen) atoms. The topological polar surface area (TPSA) is 68.2 Å². The molecule has 0 atom stereocenters. The Morgan fingerprint density at radius 3 is 2.71 bits per heavy atom. The van der Waals surface area contributed by atoms with Crippen molar-refractivity contribution in [3.8, 4) is 6.07 Å². The summed E-state index contributed by atoms with van der Waals surface area (Å²) < 4.78 is 0. The third-order valence-electron chi connectivity index (χ3n) is 3.21. The summed E-state index contributed by atoms with van der Waals surface area (Å²) in [5, 5.41) is 14.6. The molecule has 0 spiro atoms. The molecule has 0 aromatic rings. The zero-order chi connectivity index (χ0) is 12.7. The number of hydrogen-bond acceptors (Lipinski definition) is 4. The number of nitriles is 1. The van der Waals surface area contributed by atoms with Crippen molar-refractivity contribution in [1.82, 2.24) is 15.5 Å². The number of unbranched alkanes of at least 4 members (excludes halogenated alkanes) is 1. The molecule has 0 saturated carbocycles. The van der Waals surface area contributed by atoms with Gasteiger partial charge in [-0.05, 0) is 20.3 Å². The van der Waals surface area contributed by atoms with Gasteiger partial charge in [0.1, 0.15) is 0 Å². The van der Waals surface area contributed by atoms with Crippen molar-refractivity contribution < 1.29 is 4.79 Å². The van der Waals surface area contributed by atoms with Crippen LogP contribution in [-0.2, 0) is 4.79 Å². The summed E-state index contributed by atoms with van der Waals surface area (Å²) in [4.78, 5) is 14.3. The molecule has 0 aromatic carbocycles. The minimum Gasteiger partial charge on any atom is -0.354 e. The van der Waals surface area contributed by atoms with E-state index in [1.807, 2.05) is 13.8 Å². The monoisotopic (exact) mass is 238 g/mol. The molecule has 0 bridgehead atoms. The van der Waals surface area contributed by atoms with Crippen molar-refractivity contribution >= 4 is 5.91 Å². The van der Waals surface area contributed by atoms with E-state index < -0.39 is 5.54 Å². The molecule has 0 aliphatic carbocycles. The Morgan fingerprint density at radius 2 is 2.12 bits per heavy atom. The molecule has 0 unspecified atom stereocenters. The van der Waals surface area contributed by atoms with Gasteiger partial charge < -0.3 is 10.6 Å². The molecule has 1 rings (SSSR count). The largest absolute Gasteiger partial charge is 0.354 e. The van der Waals surface area contributed by atoms with Gasteiger partial charge in [0.25, 0.3) is 0 Å². The summed E-state index contributed by atoms with van der Waals surface area (Å²) in [5.74, 6) is 0.0531. The van der Waals surface area contributed by atoms with E-state index >= 15 is 0 Å². The first-order valence-corrected chi connectivity index (χ1v) is 6.20. The molecule has 1 aliphatic rings. The van der Waals surface area contributed by atoms with Gasteiger partial charge in [-0.2, -0.15) is 5.26 Å². The predicted octanol–water partition coefficient (Wildman–Crippen LogP) is 0.0902. The number of nitrogens with one attached hydrogen (secondary N) is 2. The predicted molar refractivity (Wildman–Crippen MR) is 66.4 cm³/mol. The zero-order valence-corrected chi connectivity index (χ0v) is 10.8. The van der Waals surface area contributed by atoms with Crippen molar-refractivity contribution in [2.75, 3.05) is 32.7 Å². The van der Waals surface area contributed by atoms with Crippen LogP contribution < -0.4 is 10.6 Å². The standard InChI is InChI=1S/C12H22N4O/c1-12(2,16-9-7-14-8-10-16)11(17)15-6-4-3-5-13/h14H,3-4,6-10H2,1-2H3,(H,15,17). The molecule has 1 fully saturated rings. The first kappa shape index (κ1) is 13.9. The van der Waals surface area contributed by atoms with E-state index in [2.05, 4.69) is 21.6 Å². The van der Waals surface area contributed by atoms with E-state index in [4.69, 9.17) is 5.26 Å². The summed E-state index contributed by atoms with van der Waals surface area (Å²) in [5.41, 5.74) is -0.464. The highest BCUT2D eigenvalue weighted by Crippen LogP contribution is 2.15. The van der Waals surface area contributed by atoms with Crippen molar-refractivity contribution in [2.45, 2.75) is 32.2 Å². The fourth-order valence-corrected chi connectivity index (χ4v) is 1.95. The average Bonchev–Trinajstić information content (AvgIpc) is 2.35. The maximum Gasteiger partial charge on any atom is 0.239 e. The Morgan fingerprint density at radius 1 is 1.47 bits per heavy atom. The number of carbonyl (C=O) groups excluding carboxylic acids is 1. The van der Waals surface area contributed by atoms with E-state index in [1.165, 1.54) is 0 Å². The van der Waals surface area contributed by atoms with Gasteiger partial charge in [0.2, 0.25) is 5.91 Å². The second kappa shape index (κ2) is 6.58. The molecule has 96 valence electrons. The normalized spacial score (nSPS) is 17.5. The minimum absolute atomic E-state index is 0.0531. The van der Waals surface area contributed by atoms with Crippen LogP contribution in [0.15, 0.2) is 0 Å². The quantitative estimate of drug-likeness (QED) is 0.666. The van der Waals surface area contributed by atoms with Crippen LogP contribution in [0.25, 0.3) is 0 Å². The van der Waals surface area contributed by atoms with E-state index in [0.29, 0.717) is 13.0 Å². The SMILES string of the molecule is CC(C)(C(=O)NCCCC#N)N1CCNCC1. The van der Waals surface area contributed by atoms with Crippen LogP contribution in [0, 0.1) is 11.3 Å². The van der Waals surface area contributed by atoms with Crippen molar-refractivity contribution in [1.29, 1.82) is 5.26 Å². The second-order valence-electron chi connectivity index (χ2n) is 4.81. The number of hydrogen-bond donors (Lipinski definition) is 2. The highest BCUT2D eigenvalue weighted by molar-refractivity contribution is 5.85. The van der Waals surface area contributed by atoms with Crippen LogP contribution in [0.3, 0.4) is 0 Å². The molecular formula is C12H22N4O. The molecule has 1 amide bonds. The molecule has 1 aliphatic heterocycles. The third kappa shape index (κ3) is 3.99. The number of rotatable bonds is 5. The Balaban J connectivity index is 2.39. The lowest BCUT2D eigenvalue weighted by atomic mass is 10.0. The molecule has 2 N–H and O–H groups in total. The van der Waals surface area contributed by atoms with Gasteiger partial charge in [-0.25, -0.2) is 0 Å². The number of piperazine rings is 1. The summed E-state index contributed by atoms with van der Waals surface area (Å²) in [7, 11) is 0. The molecule has 1 heterocycles. The van der Waals surface area contributed by atoms with E-state index in [0.717, 1.165) is 32.6 Å². The van der Waals surface area contributed by atoms with Crippen molar-refractivity contribution in [2.24, 2.45) is 0 Å². The lowest BCUT2D eigenvalue weighted by molar-refractivity contribution is -0.132. The van der Waals surface area contributed by atoms with E-state index in [1.54, 1.807) is 0 Å². The smallest absolute Gasteiger partial charge is 0.239 e. The second-order valence-corrected chi connectivity index (χ2v) is 4.81. The fourth-order valence-electron chi connectivity index (χ4n) is 1.95. The molecule has 0 radical (unpaired) electrons. The number of carbonyl (C=O) groups is 1. The Kier molecular flexibility index (Phi) is 5.39. The lowest BCUT2D eigenvalue weighted by Crippen LogP contribution is -2.60. The van der Waals surface area contributed by atoms with Gasteiger partial charge in [0.15, 0.2) is 0 Å². The first-order valence-electron chi connectivity index (χ1n) is 6.20. The Labute approximate surface area is 103 Å². The van der Waals surface area contributed by atoms with E-state index in [-0.39, 0.29) is 5.91 Å². The molecule has 1 saturated heterocycles. The molecule has 5 nitrogen and oxygen atoms in total. The highest BCUT2D eigenvalue weighted by atomic mass is 16.2. The van der Waals surface area contributed by atoms with Crippen LogP contribution in [-0.4, -0.2) is 49.1 Å². The van der Waals surface area contributed by atoms with Crippen LogP contribution in [0.1, 0.15) is 26.7 Å². The van der Waals surface area contributed by atoms with Crippen LogP contribution in [0.4, 0.5) is 0 Å². The minimum atomic E-state index is -0.464. The summed E-state index contributed by atoms with van der Waals surface area (Å²) in [6.45, 7) is 8.17. The lowest BCUT2D eigenvalue weighted by Gasteiger charge is -2.39. The third-order valence-corrected chi connectivity index (χ3v) is 3.21. The van der Waals surface area contributed by atoms with Gasteiger partial charge in [-0.3, -0.25) is 9.69 Å². The van der Waals surface area contributed by atoms with Crippen LogP contribution >= 0.6 is 0 Å². The summed E-state index contributed by atoms with van der Waals surface area (Å²) in [6.07, 6.45) is 1.22. The zero-order valence-electron chi connectivity index (χ0n) is 10.8. The Hall–Kier alpha value is -1.12. The highest BCUT2D eigenvalue weighted by Gasteiger charge is 2.34. The summed E-state index contributed by atoms with van der Waals surface area (Å²) in [6, 6.07) is 2.07. The molecule has 5 heteroatoms. The Bertz CT molecular complexity index is 289. The number of amides is 1. The van der Waals surface area contributed by atoms with Gasteiger partial charge in [0.05, 0.1) is 11.6 Å². The fraction of sp³-hybridized carbons (Fsp3) is 0.833. The van der Waals surface area contributed by atoms with E-state index in [9.17, 15) is 4.79 Å². The molecule has 0 aromatic heterocycles. The van der Waals surface area contributed by atoms with Gasteiger partial charge in [-0.1, -0.05) is 0 Å². The van der Waals surface area contributed by atoms with Crippen molar-refractivity contribution in [3.05, 3.63) is 0 Å². The maximum atomic E-state index is 12.1. The van der Waals surface area contributed by atoms with Gasteiger partial charge in [0, 0.05) is 39.1 Å². The van der Waals surface area contributed by atoms with Crippen LogP contribution in [0.5, 0.6) is 0 Å². The van der Waals surface area contributed by atoms with Crippen molar-refractivity contribution in [3.63, 3.8) is 0 Å². The molecular weight excluding hydrogens is 216 g/mol. The number of nitrogens with zero attached hydrogens (tertiary/aromatic N) is 2. The average molecular weight is 238 g/mol. The van der Waals surface area contributed by atoms with Gasteiger partial charge >= 0.3 is 0 Å². The summed E-state index contributed by atoms with van der Waals surface area (Å²) >= 11 is 0. The first-order chi connectivity index (χ1) is 8.09. The van der Waals surface area contributed by atoms with Gasteiger partial charge in [-0.15, -0.1) is 0 Å².